The second kappa shape index (κ2) is 3.78. The van der Waals surface area contributed by atoms with Crippen LogP contribution in [-0.4, -0.2) is 36.0 Å². The molecule has 2 rings (SSSR count). The molecular weight excluding hydrogens is 188 g/mol. The summed E-state index contributed by atoms with van der Waals surface area (Å²) in [4.78, 5) is 14.4. The molecular formula is C12H22N2O. The summed E-state index contributed by atoms with van der Waals surface area (Å²) in [5.41, 5.74) is 0.0685. The van der Waals surface area contributed by atoms with Crippen LogP contribution in [0.4, 0.5) is 0 Å². The van der Waals surface area contributed by atoms with E-state index in [4.69, 9.17) is 0 Å². The maximum atomic E-state index is 12.3. The van der Waals surface area contributed by atoms with E-state index < -0.39 is 0 Å². The van der Waals surface area contributed by atoms with E-state index in [1.54, 1.807) is 0 Å². The van der Waals surface area contributed by atoms with Crippen LogP contribution in [0.5, 0.6) is 0 Å². The molecule has 0 aromatic heterocycles. The van der Waals surface area contributed by atoms with Crippen molar-refractivity contribution >= 4 is 5.91 Å². The van der Waals surface area contributed by atoms with Gasteiger partial charge in [0.25, 0.3) is 0 Å². The van der Waals surface area contributed by atoms with Gasteiger partial charge in [0.15, 0.2) is 0 Å². The van der Waals surface area contributed by atoms with Crippen LogP contribution in [0, 0.1) is 11.8 Å². The van der Waals surface area contributed by atoms with Gasteiger partial charge in [-0.25, -0.2) is 0 Å². The molecule has 2 fully saturated rings. The number of hydrogen-bond acceptors (Lipinski definition) is 2. The molecule has 1 N–H and O–H groups in total. The Hall–Kier alpha value is -0.570. The highest BCUT2D eigenvalue weighted by atomic mass is 16.2. The van der Waals surface area contributed by atoms with Gasteiger partial charge in [-0.15, -0.1) is 0 Å². The molecule has 0 aliphatic carbocycles. The predicted octanol–water partition coefficient (Wildman–Crippen LogP) is 1.24. The van der Waals surface area contributed by atoms with Crippen LogP contribution in [0.3, 0.4) is 0 Å². The molecule has 0 spiro atoms. The second-order valence-corrected chi connectivity index (χ2v) is 5.76. The van der Waals surface area contributed by atoms with Crippen LogP contribution in [0.15, 0.2) is 0 Å². The summed E-state index contributed by atoms with van der Waals surface area (Å²) >= 11 is 0. The van der Waals surface area contributed by atoms with Crippen LogP contribution in [0.25, 0.3) is 0 Å². The van der Waals surface area contributed by atoms with Crippen LogP contribution < -0.4 is 5.32 Å². The van der Waals surface area contributed by atoms with Crippen molar-refractivity contribution in [1.29, 1.82) is 0 Å². The van der Waals surface area contributed by atoms with Crippen molar-refractivity contribution in [3.63, 3.8) is 0 Å². The summed E-state index contributed by atoms with van der Waals surface area (Å²) in [5, 5.41) is 3.27. The zero-order chi connectivity index (χ0) is 11.1. The molecule has 2 heterocycles. The lowest BCUT2D eigenvalue weighted by Crippen LogP contribution is -2.46. The normalized spacial score (nSPS) is 34.7. The smallest absolute Gasteiger partial charge is 0.227 e. The summed E-state index contributed by atoms with van der Waals surface area (Å²) in [6, 6.07) is 0. The molecule has 2 aliphatic heterocycles. The third kappa shape index (κ3) is 2.03. The predicted molar refractivity (Wildman–Crippen MR) is 60.5 cm³/mol. The minimum atomic E-state index is 0.0685. The monoisotopic (exact) mass is 210 g/mol. The van der Waals surface area contributed by atoms with E-state index in [1.807, 2.05) is 0 Å². The first kappa shape index (κ1) is 10.9. The molecule has 0 saturated carbocycles. The van der Waals surface area contributed by atoms with E-state index >= 15 is 0 Å². The molecule has 86 valence electrons. The van der Waals surface area contributed by atoms with E-state index in [0.29, 0.717) is 11.8 Å². The fourth-order valence-corrected chi connectivity index (χ4v) is 3.06. The van der Waals surface area contributed by atoms with Gasteiger partial charge in [-0.05, 0) is 39.2 Å². The zero-order valence-corrected chi connectivity index (χ0v) is 10.0. The van der Waals surface area contributed by atoms with Crippen LogP contribution in [0.1, 0.15) is 33.6 Å². The minimum Gasteiger partial charge on any atom is -0.337 e. The van der Waals surface area contributed by atoms with Gasteiger partial charge < -0.3 is 10.2 Å². The quantitative estimate of drug-likeness (QED) is 0.706. The number of rotatable bonds is 1. The number of nitrogens with zero attached hydrogens (tertiary/aromatic N) is 1. The molecule has 1 unspecified atom stereocenters. The average Bonchev–Trinajstić information content (AvgIpc) is 2.71. The SMILES string of the molecule is CC1CN(C(=O)[C@@H]2CCNC2)C(C)(C)C1. The summed E-state index contributed by atoms with van der Waals surface area (Å²) < 4.78 is 0. The molecule has 3 nitrogen and oxygen atoms in total. The summed E-state index contributed by atoms with van der Waals surface area (Å²) in [6.07, 6.45) is 2.15. The number of carbonyl (C=O) groups is 1. The van der Waals surface area contributed by atoms with E-state index in [2.05, 4.69) is 31.0 Å². The number of likely N-dealkylation sites (tertiary alicyclic amines) is 1. The van der Waals surface area contributed by atoms with Crippen molar-refractivity contribution in [2.24, 2.45) is 11.8 Å². The van der Waals surface area contributed by atoms with Crippen LogP contribution in [0.2, 0.25) is 0 Å². The molecule has 0 aromatic rings. The Labute approximate surface area is 92.2 Å². The van der Waals surface area contributed by atoms with Gasteiger partial charge in [0.2, 0.25) is 5.91 Å². The molecule has 2 saturated heterocycles. The van der Waals surface area contributed by atoms with Crippen molar-refractivity contribution < 1.29 is 4.79 Å². The van der Waals surface area contributed by atoms with Gasteiger partial charge in [-0.2, -0.15) is 0 Å². The number of carbonyl (C=O) groups excluding carboxylic acids is 1. The lowest BCUT2D eigenvalue weighted by atomic mass is 9.96. The zero-order valence-electron chi connectivity index (χ0n) is 10.0. The lowest BCUT2D eigenvalue weighted by molar-refractivity contribution is -0.138. The molecule has 0 bridgehead atoms. The summed E-state index contributed by atoms with van der Waals surface area (Å²) in [5.74, 6) is 1.25. The van der Waals surface area contributed by atoms with Crippen molar-refractivity contribution in [3.05, 3.63) is 0 Å². The fraction of sp³-hybridized carbons (Fsp3) is 0.917. The van der Waals surface area contributed by atoms with Crippen LogP contribution >= 0.6 is 0 Å². The number of hydrogen-bond donors (Lipinski definition) is 1. The maximum absolute atomic E-state index is 12.3. The number of amides is 1. The number of nitrogens with one attached hydrogen (secondary N) is 1. The van der Waals surface area contributed by atoms with Crippen molar-refractivity contribution in [2.45, 2.75) is 39.2 Å². The van der Waals surface area contributed by atoms with Gasteiger partial charge in [0.1, 0.15) is 0 Å². The van der Waals surface area contributed by atoms with Crippen molar-refractivity contribution in [3.8, 4) is 0 Å². The third-order valence-corrected chi connectivity index (χ3v) is 3.75. The van der Waals surface area contributed by atoms with E-state index in [0.717, 1.165) is 32.5 Å². The Kier molecular flexibility index (Phi) is 2.75. The first-order valence-electron chi connectivity index (χ1n) is 6.03. The highest BCUT2D eigenvalue weighted by Crippen LogP contribution is 2.34. The molecule has 0 radical (unpaired) electrons. The van der Waals surface area contributed by atoms with E-state index in [1.165, 1.54) is 0 Å². The Morgan fingerprint density at radius 3 is 2.67 bits per heavy atom. The highest BCUT2D eigenvalue weighted by molar-refractivity contribution is 5.80. The van der Waals surface area contributed by atoms with E-state index in [-0.39, 0.29) is 11.5 Å². The molecule has 2 atom stereocenters. The molecule has 2 aliphatic rings. The molecule has 0 aromatic carbocycles. The minimum absolute atomic E-state index is 0.0685. The van der Waals surface area contributed by atoms with Crippen molar-refractivity contribution in [1.82, 2.24) is 10.2 Å². The van der Waals surface area contributed by atoms with Gasteiger partial charge in [-0.1, -0.05) is 6.92 Å². The maximum Gasteiger partial charge on any atom is 0.227 e. The summed E-state index contributed by atoms with van der Waals surface area (Å²) in [7, 11) is 0. The average molecular weight is 210 g/mol. The second-order valence-electron chi connectivity index (χ2n) is 5.76. The Morgan fingerprint density at radius 2 is 2.20 bits per heavy atom. The molecule has 3 heteroatoms. The van der Waals surface area contributed by atoms with Gasteiger partial charge in [0.05, 0.1) is 5.92 Å². The van der Waals surface area contributed by atoms with Crippen molar-refractivity contribution in [2.75, 3.05) is 19.6 Å². The van der Waals surface area contributed by atoms with Gasteiger partial charge in [0, 0.05) is 18.6 Å². The van der Waals surface area contributed by atoms with Gasteiger partial charge >= 0.3 is 0 Å². The first-order valence-corrected chi connectivity index (χ1v) is 6.03. The topological polar surface area (TPSA) is 32.3 Å². The standard InChI is InChI=1S/C12H22N2O/c1-9-6-12(2,3)14(8-9)11(15)10-4-5-13-7-10/h9-10,13H,4-8H2,1-3H3/t9?,10-/m1/s1. The largest absolute Gasteiger partial charge is 0.337 e. The first-order chi connectivity index (χ1) is 7.00. The Balaban J connectivity index is 2.06. The fourth-order valence-electron chi connectivity index (χ4n) is 3.06. The molecule has 1 amide bonds. The Bertz CT molecular complexity index is 256. The lowest BCUT2D eigenvalue weighted by Gasteiger charge is -2.33. The van der Waals surface area contributed by atoms with Gasteiger partial charge in [-0.3, -0.25) is 4.79 Å². The molecule has 15 heavy (non-hydrogen) atoms. The Morgan fingerprint density at radius 1 is 1.47 bits per heavy atom. The van der Waals surface area contributed by atoms with E-state index in [9.17, 15) is 4.79 Å². The van der Waals surface area contributed by atoms with Crippen LogP contribution in [-0.2, 0) is 4.79 Å². The highest BCUT2D eigenvalue weighted by Gasteiger charge is 2.41. The summed E-state index contributed by atoms with van der Waals surface area (Å²) in [6.45, 7) is 9.44. The third-order valence-electron chi connectivity index (χ3n) is 3.75.